The van der Waals surface area contributed by atoms with Gasteiger partial charge in [-0.05, 0) is 31.5 Å². The van der Waals surface area contributed by atoms with E-state index in [1.165, 1.54) is 12.8 Å². The Labute approximate surface area is 101 Å². The molecule has 17 heavy (non-hydrogen) atoms. The average Bonchev–Trinajstić information content (AvgIpc) is 2.40. The number of hydrogen-bond acceptors (Lipinski definition) is 3. The van der Waals surface area contributed by atoms with Gasteiger partial charge in [0.2, 0.25) is 0 Å². The number of rotatable bonds is 3. The van der Waals surface area contributed by atoms with Crippen molar-refractivity contribution in [3.05, 3.63) is 35.4 Å². The van der Waals surface area contributed by atoms with Crippen LogP contribution in [0.5, 0.6) is 0 Å². The summed E-state index contributed by atoms with van der Waals surface area (Å²) in [7, 11) is 0. The van der Waals surface area contributed by atoms with Crippen LogP contribution >= 0.6 is 0 Å². The Kier molecular flexibility index (Phi) is 3.89. The second-order valence-electron chi connectivity index (χ2n) is 4.46. The normalized spacial score (nSPS) is 19.6. The molecule has 0 amide bonds. The molecule has 1 heterocycles. The maximum absolute atomic E-state index is 12.0. The van der Waals surface area contributed by atoms with E-state index in [2.05, 4.69) is 11.4 Å². The number of nitrogens with zero attached hydrogens (tertiary/aromatic N) is 1. The van der Waals surface area contributed by atoms with Crippen LogP contribution in [-0.4, -0.2) is 18.4 Å². The minimum atomic E-state index is 0.161. The van der Waals surface area contributed by atoms with Crippen LogP contribution in [0.15, 0.2) is 24.3 Å². The number of piperidine rings is 1. The SMILES string of the molecule is N#Cc1ccc(C(=O)CC2CCCCN2)cc1. The number of nitriles is 1. The molecular weight excluding hydrogens is 212 g/mol. The maximum atomic E-state index is 12.0. The van der Waals surface area contributed by atoms with Crippen molar-refractivity contribution < 1.29 is 4.79 Å². The molecule has 2 rings (SSSR count). The molecule has 1 aliphatic heterocycles. The molecule has 1 N–H and O–H groups in total. The molecule has 1 saturated heterocycles. The molecule has 1 fully saturated rings. The number of benzene rings is 1. The van der Waals surface area contributed by atoms with Crippen molar-refractivity contribution in [1.29, 1.82) is 5.26 Å². The Morgan fingerprint density at radius 1 is 1.35 bits per heavy atom. The highest BCUT2D eigenvalue weighted by Gasteiger charge is 2.17. The standard InChI is InChI=1S/C14H16N2O/c15-10-11-4-6-12(7-5-11)14(17)9-13-3-1-2-8-16-13/h4-7,13,16H,1-3,8-9H2. The summed E-state index contributed by atoms with van der Waals surface area (Å²) in [6.45, 7) is 1.02. The molecule has 0 bridgehead atoms. The summed E-state index contributed by atoms with van der Waals surface area (Å²) in [4.78, 5) is 12.0. The second-order valence-corrected chi connectivity index (χ2v) is 4.46. The number of nitrogens with one attached hydrogen (secondary N) is 1. The first-order chi connectivity index (χ1) is 8.29. The molecule has 1 aromatic rings. The van der Waals surface area contributed by atoms with Gasteiger partial charge in [0.1, 0.15) is 0 Å². The lowest BCUT2D eigenvalue weighted by Gasteiger charge is -2.22. The van der Waals surface area contributed by atoms with E-state index >= 15 is 0 Å². The van der Waals surface area contributed by atoms with Crippen molar-refractivity contribution in [1.82, 2.24) is 5.32 Å². The largest absolute Gasteiger partial charge is 0.314 e. The zero-order valence-electron chi connectivity index (χ0n) is 9.78. The molecular formula is C14H16N2O. The Bertz CT molecular complexity index is 425. The second kappa shape index (κ2) is 5.60. The predicted molar refractivity (Wildman–Crippen MR) is 65.7 cm³/mol. The summed E-state index contributed by atoms with van der Waals surface area (Å²) in [5, 5.41) is 12.1. The number of hydrogen-bond donors (Lipinski definition) is 1. The average molecular weight is 228 g/mol. The lowest BCUT2D eigenvalue weighted by atomic mass is 9.97. The Morgan fingerprint density at radius 2 is 2.12 bits per heavy atom. The molecule has 3 heteroatoms. The Balaban J connectivity index is 1.96. The van der Waals surface area contributed by atoms with E-state index < -0.39 is 0 Å². The van der Waals surface area contributed by atoms with Gasteiger partial charge in [-0.2, -0.15) is 5.26 Å². The van der Waals surface area contributed by atoms with Crippen molar-refractivity contribution >= 4 is 5.78 Å². The van der Waals surface area contributed by atoms with Crippen LogP contribution in [-0.2, 0) is 0 Å². The van der Waals surface area contributed by atoms with E-state index in [4.69, 9.17) is 5.26 Å². The fraction of sp³-hybridized carbons (Fsp3) is 0.429. The van der Waals surface area contributed by atoms with Crippen molar-refractivity contribution in [2.45, 2.75) is 31.7 Å². The molecule has 0 aromatic heterocycles. The van der Waals surface area contributed by atoms with E-state index in [0.29, 0.717) is 23.6 Å². The number of carbonyl (C=O) groups excluding carboxylic acids is 1. The molecule has 0 spiro atoms. The molecule has 3 nitrogen and oxygen atoms in total. The minimum Gasteiger partial charge on any atom is -0.314 e. The molecule has 88 valence electrons. The third kappa shape index (κ3) is 3.15. The van der Waals surface area contributed by atoms with Gasteiger partial charge in [-0.15, -0.1) is 0 Å². The van der Waals surface area contributed by atoms with Crippen LogP contribution in [0.3, 0.4) is 0 Å². The van der Waals surface area contributed by atoms with E-state index in [1.54, 1.807) is 24.3 Å². The van der Waals surface area contributed by atoms with Gasteiger partial charge >= 0.3 is 0 Å². The molecule has 0 aliphatic carbocycles. The zero-order valence-corrected chi connectivity index (χ0v) is 9.78. The molecule has 0 radical (unpaired) electrons. The minimum absolute atomic E-state index is 0.161. The first-order valence-corrected chi connectivity index (χ1v) is 6.06. The first-order valence-electron chi connectivity index (χ1n) is 6.06. The van der Waals surface area contributed by atoms with Gasteiger partial charge in [0.05, 0.1) is 11.6 Å². The van der Waals surface area contributed by atoms with Gasteiger partial charge in [0.15, 0.2) is 5.78 Å². The maximum Gasteiger partial charge on any atom is 0.164 e. The molecule has 1 aromatic carbocycles. The molecule has 0 saturated carbocycles. The predicted octanol–water partition coefficient (Wildman–Crippen LogP) is 2.27. The van der Waals surface area contributed by atoms with E-state index in [1.807, 2.05) is 0 Å². The summed E-state index contributed by atoms with van der Waals surface area (Å²) < 4.78 is 0. The highest BCUT2D eigenvalue weighted by molar-refractivity contribution is 5.96. The van der Waals surface area contributed by atoms with Gasteiger partial charge in [-0.1, -0.05) is 18.6 Å². The van der Waals surface area contributed by atoms with Crippen LogP contribution < -0.4 is 5.32 Å². The van der Waals surface area contributed by atoms with Gasteiger partial charge < -0.3 is 5.32 Å². The molecule has 1 aliphatic rings. The van der Waals surface area contributed by atoms with Crippen LogP contribution in [0, 0.1) is 11.3 Å². The van der Waals surface area contributed by atoms with Gasteiger partial charge in [0, 0.05) is 18.0 Å². The quantitative estimate of drug-likeness (QED) is 0.807. The van der Waals surface area contributed by atoms with E-state index in [9.17, 15) is 4.79 Å². The van der Waals surface area contributed by atoms with Gasteiger partial charge in [0.25, 0.3) is 0 Å². The fourth-order valence-electron chi connectivity index (χ4n) is 2.17. The Hall–Kier alpha value is -1.66. The van der Waals surface area contributed by atoms with Crippen LogP contribution in [0.2, 0.25) is 0 Å². The van der Waals surface area contributed by atoms with E-state index in [-0.39, 0.29) is 5.78 Å². The Morgan fingerprint density at radius 3 is 2.71 bits per heavy atom. The van der Waals surface area contributed by atoms with Crippen molar-refractivity contribution in [3.63, 3.8) is 0 Å². The first kappa shape index (κ1) is 11.8. The number of Topliss-reactive ketones (excluding diaryl/α,β-unsaturated/α-hetero) is 1. The highest BCUT2D eigenvalue weighted by atomic mass is 16.1. The molecule has 1 unspecified atom stereocenters. The number of carbonyl (C=O) groups is 1. The third-order valence-electron chi connectivity index (χ3n) is 3.18. The van der Waals surface area contributed by atoms with E-state index in [0.717, 1.165) is 13.0 Å². The smallest absolute Gasteiger partial charge is 0.164 e. The monoisotopic (exact) mass is 228 g/mol. The van der Waals surface area contributed by atoms with Crippen molar-refractivity contribution in [2.75, 3.05) is 6.54 Å². The van der Waals surface area contributed by atoms with Crippen LogP contribution in [0.1, 0.15) is 41.6 Å². The summed E-state index contributed by atoms with van der Waals surface area (Å²) in [6, 6.07) is 9.25. The third-order valence-corrected chi connectivity index (χ3v) is 3.18. The summed E-state index contributed by atoms with van der Waals surface area (Å²) in [6.07, 6.45) is 4.06. The lowest BCUT2D eigenvalue weighted by molar-refractivity contribution is 0.0963. The number of ketones is 1. The summed E-state index contributed by atoms with van der Waals surface area (Å²) in [5.74, 6) is 0.161. The molecule has 1 atom stereocenters. The topological polar surface area (TPSA) is 52.9 Å². The van der Waals surface area contributed by atoms with Crippen LogP contribution in [0.25, 0.3) is 0 Å². The zero-order chi connectivity index (χ0) is 12.1. The van der Waals surface area contributed by atoms with Crippen molar-refractivity contribution in [2.24, 2.45) is 0 Å². The summed E-state index contributed by atoms with van der Waals surface area (Å²) in [5.41, 5.74) is 1.30. The van der Waals surface area contributed by atoms with Crippen molar-refractivity contribution in [3.8, 4) is 6.07 Å². The highest BCUT2D eigenvalue weighted by Crippen LogP contribution is 2.14. The fourth-order valence-corrected chi connectivity index (χ4v) is 2.17. The lowest BCUT2D eigenvalue weighted by Crippen LogP contribution is -2.35. The van der Waals surface area contributed by atoms with Crippen LogP contribution in [0.4, 0.5) is 0 Å². The summed E-state index contributed by atoms with van der Waals surface area (Å²) >= 11 is 0. The van der Waals surface area contributed by atoms with Gasteiger partial charge in [-0.25, -0.2) is 0 Å². The van der Waals surface area contributed by atoms with Gasteiger partial charge in [-0.3, -0.25) is 4.79 Å².